The molecule has 9 heteroatoms. The van der Waals surface area contributed by atoms with Gasteiger partial charge in [0.15, 0.2) is 0 Å². The highest BCUT2D eigenvalue weighted by atomic mass is 19.1. The second-order valence-corrected chi connectivity index (χ2v) is 10.6. The van der Waals surface area contributed by atoms with Gasteiger partial charge < -0.3 is 19.1 Å². The highest BCUT2D eigenvalue weighted by molar-refractivity contribution is 5.93. The quantitative estimate of drug-likeness (QED) is 0.515. The monoisotopic (exact) mass is 481 g/mol. The van der Waals surface area contributed by atoms with E-state index in [9.17, 15) is 13.6 Å². The Labute approximate surface area is 202 Å². The molecular weight excluding hydrogens is 452 g/mol. The number of nitrogens with zero attached hydrogens (tertiary/aromatic N) is 5. The molecule has 1 aliphatic heterocycles. The number of anilines is 1. The summed E-state index contributed by atoms with van der Waals surface area (Å²) in [5, 5.41) is 0.917. The maximum atomic E-state index is 14.0. The molecule has 0 unspecified atom stereocenters. The minimum absolute atomic E-state index is 0.00544. The van der Waals surface area contributed by atoms with E-state index in [1.807, 2.05) is 24.9 Å². The number of ether oxygens (including phenoxy) is 1. The van der Waals surface area contributed by atoms with E-state index >= 15 is 0 Å². The first kappa shape index (κ1) is 22.2. The van der Waals surface area contributed by atoms with E-state index in [1.165, 1.54) is 18.5 Å². The third-order valence-electron chi connectivity index (χ3n) is 7.52. The average molecular weight is 482 g/mol. The van der Waals surface area contributed by atoms with Gasteiger partial charge in [-0.3, -0.25) is 0 Å². The van der Waals surface area contributed by atoms with Crippen molar-refractivity contribution in [2.45, 2.75) is 70.1 Å². The molecule has 2 atom stereocenters. The van der Waals surface area contributed by atoms with Gasteiger partial charge in [0.25, 0.3) is 0 Å². The van der Waals surface area contributed by atoms with Crippen molar-refractivity contribution in [3.63, 3.8) is 0 Å². The lowest BCUT2D eigenvalue weighted by atomic mass is 10.1. The molecule has 3 aliphatic rings. The van der Waals surface area contributed by atoms with E-state index in [4.69, 9.17) is 4.74 Å². The van der Waals surface area contributed by atoms with Gasteiger partial charge in [-0.05, 0) is 70.1 Å². The molecule has 2 saturated carbocycles. The van der Waals surface area contributed by atoms with Crippen LogP contribution in [0.25, 0.3) is 16.7 Å². The Bertz CT molecular complexity index is 1300. The number of carbonyl (C=O) groups excluding carboxylic acids is 1. The standard InChI is InChI=1S/C26H29F2N5O2/c1-15-12-32(25(34)35-26(3)6-7-26)16(2)11-31(15)23-22-21(17-4-5-17)13-33(24(22)30-14-29-23)20-9-18(27)8-19(28)10-20/h8-10,13-17H,4-7,11-12H2,1-3H3/t15-,16+/m0/s1. The van der Waals surface area contributed by atoms with Crippen LogP contribution in [0, 0.1) is 11.6 Å². The Morgan fingerprint density at radius 2 is 1.77 bits per heavy atom. The molecule has 2 aromatic heterocycles. The maximum Gasteiger partial charge on any atom is 0.410 e. The molecule has 1 saturated heterocycles. The van der Waals surface area contributed by atoms with Crippen LogP contribution in [-0.2, 0) is 4.74 Å². The van der Waals surface area contributed by atoms with E-state index in [1.54, 1.807) is 4.57 Å². The summed E-state index contributed by atoms with van der Waals surface area (Å²) < 4.78 is 35.5. The van der Waals surface area contributed by atoms with Crippen molar-refractivity contribution >= 4 is 22.9 Å². The molecule has 0 radical (unpaired) electrons. The molecule has 0 N–H and O–H groups in total. The Kier molecular flexibility index (Phi) is 5.02. The van der Waals surface area contributed by atoms with Crippen LogP contribution in [0.15, 0.2) is 30.7 Å². The predicted molar refractivity (Wildman–Crippen MR) is 128 cm³/mol. The molecule has 35 heavy (non-hydrogen) atoms. The number of halogens is 2. The summed E-state index contributed by atoms with van der Waals surface area (Å²) in [6.45, 7) is 7.20. The average Bonchev–Trinajstić information content (AvgIpc) is 3.73. The van der Waals surface area contributed by atoms with Crippen LogP contribution >= 0.6 is 0 Å². The van der Waals surface area contributed by atoms with Gasteiger partial charge >= 0.3 is 6.09 Å². The van der Waals surface area contributed by atoms with Gasteiger partial charge in [0.1, 0.15) is 35.0 Å². The lowest BCUT2D eigenvalue weighted by Crippen LogP contribution is -2.59. The summed E-state index contributed by atoms with van der Waals surface area (Å²) >= 11 is 0. The lowest BCUT2D eigenvalue weighted by molar-refractivity contribution is 0.0421. The zero-order chi connectivity index (χ0) is 24.5. The number of amides is 1. The van der Waals surface area contributed by atoms with Crippen molar-refractivity contribution in [2.24, 2.45) is 0 Å². The molecule has 1 amide bonds. The van der Waals surface area contributed by atoms with Crippen LogP contribution in [0.2, 0.25) is 0 Å². The van der Waals surface area contributed by atoms with E-state index < -0.39 is 11.6 Å². The Balaban J connectivity index is 1.38. The highest BCUT2D eigenvalue weighted by Crippen LogP contribution is 2.46. The summed E-state index contributed by atoms with van der Waals surface area (Å²) in [6, 6.07) is 3.45. The van der Waals surface area contributed by atoms with E-state index in [2.05, 4.69) is 21.8 Å². The summed E-state index contributed by atoms with van der Waals surface area (Å²) in [4.78, 5) is 26.1. The number of hydrogen-bond donors (Lipinski definition) is 0. The first-order valence-corrected chi connectivity index (χ1v) is 12.3. The smallest absolute Gasteiger partial charge is 0.410 e. The zero-order valence-corrected chi connectivity index (χ0v) is 20.2. The fraction of sp³-hybridized carbons (Fsp3) is 0.500. The Morgan fingerprint density at radius 1 is 1.06 bits per heavy atom. The van der Waals surface area contributed by atoms with Gasteiger partial charge in [0.05, 0.1) is 11.1 Å². The van der Waals surface area contributed by atoms with E-state index in [0.717, 1.165) is 48.5 Å². The Morgan fingerprint density at radius 3 is 2.43 bits per heavy atom. The summed E-state index contributed by atoms with van der Waals surface area (Å²) in [5.41, 5.74) is 1.81. The number of piperazine rings is 1. The van der Waals surface area contributed by atoms with E-state index in [-0.39, 0.29) is 23.8 Å². The molecule has 1 aromatic carbocycles. The van der Waals surface area contributed by atoms with Gasteiger partial charge in [0.2, 0.25) is 0 Å². The summed E-state index contributed by atoms with van der Waals surface area (Å²) in [5.74, 6) is -0.0801. The number of hydrogen-bond acceptors (Lipinski definition) is 5. The van der Waals surface area contributed by atoms with Crippen LogP contribution in [0.4, 0.5) is 19.4 Å². The minimum Gasteiger partial charge on any atom is -0.443 e. The van der Waals surface area contributed by atoms with Gasteiger partial charge in [-0.15, -0.1) is 0 Å². The van der Waals surface area contributed by atoms with Crippen molar-refractivity contribution in [3.8, 4) is 5.69 Å². The van der Waals surface area contributed by atoms with E-state index in [0.29, 0.717) is 30.3 Å². The van der Waals surface area contributed by atoms with Gasteiger partial charge in [-0.25, -0.2) is 23.5 Å². The minimum atomic E-state index is -0.630. The van der Waals surface area contributed by atoms with Crippen LogP contribution in [0.5, 0.6) is 0 Å². The SMILES string of the molecule is C[C@@H]1CN(c2ncnc3c2c(C2CC2)cn3-c2cc(F)cc(F)c2)[C@@H](C)CN1C(=O)OC1(C)CC1. The Hall–Kier alpha value is -3.23. The largest absolute Gasteiger partial charge is 0.443 e. The second kappa shape index (κ2) is 7.90. The molecule has 2 aliphatic carbocycles. The molecule has 7 nitrogen and oxygen atoms in total. The van der Waals surface area contributed by atoms with Gasteiger partial charge in [0, 0.05) is 37.4 Å². The van der Waals surface area contributed by atoms with Gasteiger partial charge in [-0.2, -0.15) is 0 Å². The van der Waals surface area contributed by atoms with Crippen LogP contribution in [0.1, 0.15) is 57.9 Å². The number of aromatic nitrogens is 3. The second-order valence-electron chi connectivity index (χ2n) is 10.6. The first-order chi connectivity index (χ1) is 16.7. The van der Waals surface area contributed by atoms with Crippen molar-refractivity contribution < 1.29 is 18.3 Å². The van der Waals surface area contributed by atoms with Crippen LogP contribution in [0.3, 0.4) is 0 Å². The number of benzene rings is 1. The molecule has 6 rings (SSSR count). The molecule has 3 fully saturated rings. The number of fused-ring (bicyclic) bond motifs is 1. The topological polar surface area (TPSA) is 63.5 Å². The van der Waals surface area contributed by atoms with Crippen LogP contribution in [-0.4, -0.2) is 56.3 Å². The normalized spacial score (nSPS) is 23.6. The maximum absolute atomic E-state index is 14.0. The van der Waals surface area contributed by atoms with Crippen molar-refractivity contribution in [1.82, 2.24) is 19.4 Å². The summed E-state index contributed by atoms with van der Waals surface area (Å²) in [6.07, 6.45) is 7.16. The van der Waals surface area contributed by atoms with Crippen LogP contribution < -0.4 is 4.90 Å². The lowest BCUT2D eigenvalue weighted by Gasteiger charge is -2.44. The molecule has 3 heterocycles. The fourth-order valence-corrected chi connectivity index (χ4v) is 5.09. The first-order valence-electron chi connectivity index (χ1n) is 12.3. The molecule has 0 spiro atoms. The van der Waals surface area contributed by atoms with Crippen molar-refractivity contribution in [1.29, 1.82) is 0 Å². The number of carbonyl (C=O) groups is 1. The third kappa shape index (κ3) is 4.00. The predicted octanol–water partition coefficient (Wildman–Crippen LogP) is 5.16. The van der Waals surface area contributed by atoms with Gasteiger partial charge in [-0.1, -0.05) is 0 Å². The molecule has 3 aromatic rings. The summed E-state index contributed by atoms with van der Waals surface area (Å²) in [7, 11) is 0. The fourth-order valence-electron chi connectivity index (χ4n) is 5.09. The molecule has 184 valence electrons. The molecule has 0 bridgehead atoms. The highest BCUT2D eigenvalue weighted by Gasteiger charge is 2.44. The van der Waals surface area contributed by atoms with Crippen molar-refractivity contribution in [3.05, 3.63) is 47.9 Å². The number of rotatable bonds is 4. The zero-order valence-electron chi connectivity index (χ0n) is 20.2. The third-order valence-corrected chi connectivity index (χ3v) is 7.52. The molecular formula is C26H29F2N5O2. The van der Waals surface area contributed by atoms with Crippen molar-refractivity contribution in [2.75, 3.05) is 18.0 Å².